The minimum atomic E-state index is -0.140. The Hall–Kier alpha value is -2.44. The van der Waals surface area contributed by atoms with Crippen molar-refractivity contribution in [3.05, 3.63) is 53.2 Å². The summed E-state index contributed by atoms with van der Waals surface area (Å²) in [6, 6.07) is 10.9. The van der Waals surface area contributed by atoms with Gasteiger partial charge in [-0.15, -0.1) is 0 Å². The van der Waals surface area contributed by atoms with Crippen LogP contribution < -0.4 is 10.1 Å². The van der Waals surface area contributed by atoms with Gasteiger partial charge >= 0.3 is 0 Å². The Bertz CT molecular complexity index is 902. The molecule has 2 aliphatic carbocycles. The maximum absolute atomic E-state index is 12.9. The van der Waals surface area contributed by atoms with E-state index >= 15 is 0 Å². The van der Waals surface area contributed by atoms with Crippen LogP contribution in [-0.2, 0) is 17.8 Å². The number of nitrogens with one attached hydrogen (secondary N) is 1. The van der Waals surface area contributed by atoms with Crippen LogP contribution in [0.1, 0.15) is 41.9 Å². The lowest BCUT2D eigenvalue weighted by atomic mass is 10.00. The zero-order valence-corrected chi connectivity index (χ0v) is 17.6. The van der Waals surface area contributed by atoms with E-state index in [1.807, 2.05) is 24.4 Å². The lowest BCUT2D eigenvalue weighted by Gasteiger charge is -2.34. The van der Waals surface area contributed by atoms with E-state index in [-0.39, 0.29) is 11.8 Å². The standard InChI is InChI=1S/C24H30N4O2/c1-30-20-7-3-18-4-8-21(22(18)14-20)24(29)26-23-9-2-17(15-25-23)16-27-10-12-28(13-11-27)19-5-6-19/h2-3,7,9,14-15,19,21H,4-6,8,10-13,16H2,1H3,(H,25,26,29). The molecule has 1 unspecified atom stereocenters. The molecule has 0 bridgehead atoms. The van der Waals surface area contributed by atoms with Crippen molar-refractivity contribution >= 4 is 11.7 Å². The number of ether oxygens (including phenoxy) is 1. The van der Waals surface area contributed by atoms with Crippen molar-refractivity contribution in [1.82, 2.24) is 14.8 Å². The summed E-state index contributed by atoms with van der Waals surface area (Å²) in [4.78, 5) is 22.5. The van der Waals surface area contributed by atoms with E-state index in [0.29, 0.717) is 5.82 Å². The SMILES string of the molecule is COc1ccc2c(c1)C(C(=O)Nc1ccc(CN3CCN(C4CC4)CC3)cn1)CC2. The summed E-state index contributed by atoms with van der Waals surface area (Å²) >= 11 is 0. The van der Waals surface area contributed by atoms with E-state index in [1.165, 1.54) is 37.1 Å². The molecule has 6 heteroatoms. The van der Waals surface area contributed by atoms with E-state index < -0.39 is 0 Å². The third-order valence-corrected chi connectivity index (χ3v) is 6.70. The highest BCUT2D eigenvalue weighted by molar-refractivity contribution is 5.96. The highest BCUT2D eigenvalue weighted by atomic mass is 16.5. The molecule has 1 saturated heterocycles. The molecule has 3 aliphatic rings. The second-order valence-corrected chi connectivity index (χ2v) is 8.74. The minimum absolute atomic E-state index is 0.0125. The number of amides is 1. The van der Waals surface area contributed by atoms with Crippen molar-refractivity contribution in [2.45, 2.75) is 44.2 Å². The molecule has 1 amide bonds. The van der Waals surface area contributed by atoms with Crippen molar-refractivity contribution < 1.29 is 9.53 Å². The third-order valence-electron chi connectivity index (χ3n) is 6.70. The molecule has 0 radical (unpaired) electrons. The molecule has 1 saturated carbocycles. The summed E-state index contributed by atoms with van der Waals surface area (Å²) in [6.45, 7) is 5.54. The van der Waals surface area contributed by atoms with Gasteiger partial charge in [0.25, 0.3) is 0 Å². The first kappa shape index (κ1) is 19.5. The number of anilines is 1. The predicted octanol–water partition coefficient (Wildman–Crippen LogP) is 3.04. The van der Waals surface area contributed by atoms with E-state index in [2.05, 4.69) is 32.2 Å². The van der Waals surface area contributed by atoms with Crippen molar-refractivity contribution in [2.24, 2.45) is 0 Å². The van der Waals surface area contributed by atoms with Crippen molar-refractivity contribution in [3.8, 4) is 5.75 Å². The highest BCUT2D eigenvalue weighted by Gasteiger charge is 2.31. The molecule has 1 aliphatic heterocycles. The number of methoxy groups -OCH3 is 1. The van der Waals surface area contributed by atoms with Crippen LogP contribution in [0.3, 0.4) is 0 Å². The smallest absolute Gasteiger partial charge is 0.233 e. The van der Waals surface area contributed by atoms with Gasteiger partial charge in [-0.2, -0.15) is 0 Å². The van der Waals surface area contributed by atoms with Crippen LogP contribution in [0.5, 0.6) is 5.75 Å². The molecule has 2 aromatic rings. The zero-order valence-electron chi connectivity index (χ0n) is 17.6. The Morgan fingerprint density at radius 2 is 1.97 bits per heavy atom. The van der Waals surface area contributed by atoms with Crippen molar-refractivity contribution in [3.63, 3.8) is 0 Å². The fourth-order valence-corrected chi connectivity index (χ4v) is 4.77. The minimum Gasteiger partial charge on any atom is -0.497 e. The molecule has 6 nitrogen and oxygen atoms in total. The molecule has 1 atom stereocenters. The number of carbonyl (C=O) groups excluding carboxylic acids is 1. The molecule has 2 fully saturated rings. The van der Waals surface area contributed by atoms with Crippen LogP contribution >= 0.6 is 0 Å². The van der Waals surface area contributed by atoms with Gasteiger partial charge in [0.15, 0.2) is 0 Å². The fourth-order valence-electron chi connectivity index (χ4n) is 4.77. The number of rotatable bonds is 6. The molecule has 2 heterocycles. The van der Waals surface area contributed by atoms with Crippen molar-refractivity contribution in [2.75, 3.05) is 38.6 Å². The second kappa shape index (κ2) is 8.36. The quantitative estimate of drug-likeness (QED) is 0.799. The first-order chi connectivity index (χ1) is 14.7. The second-order valence-electron chi connectivity index (χ2n) is 8.74. The molecular weight excluding hydrogens is 376 g/mol. The number of hydrogen-bond acceptors (Lipinski definition) is 5. The largest absolute Gasteiger partial charge is 0.497 e. The molecule has 5 rings (SSSR count). The molecule has 30 heavy (non-hydrogen) atoms. The molecule has 158 valence electrons. The lowest BCUT2D eigenvalue weighted by molar-refractivity contribution is -0.117. The Labute approximate surface area is 178 Å². The maximum atomic E-state index is 12.9. The van der Waals surface area contributed by atoms with Gasteiger partial charge in [-0.3, -0.25) is 14.6 Å². The Balaban J connectivity index is 1.16. The topological polar surface area (TPSA) is 57.7 Å². The Kier molecular flexibility index (Phi) is 5.44. The number of pyridine rings is 1. The number of aromatic nitrogens is 1. The van der Waals surface area contributed by atoms with Crippen LogP contribution in [0.4, 0.5) is 5.82 Å². The molecule has 1 N–H and O–H groups in total. The van der Waals surface area contributed by atoms with Gasteiger partial charge in [0.05, 0.1) is 13.0 Å². The Morgan fingerprint density at radius 3 is 2.67 bits per heavy atom. The number of aryl methyl sites for hydroxylation is 1. The summed E-state index contributed by atoms with van der Waals surface area (Å²) < 4.78 is 5.33. The first-order valence-corrected chi connectivity index (χ1v) is 11.1. The van der Waals surface area contributed by atoms with E-state index in [4.69, 9.17) is 4.74 Å². The van der Waals surface area contributed by atoms with Crippen LogP contribution in [0, 0.1) is 0 Å². The predicted molar refractivity (Wildman–Crippen MR) is 117 cm³/mol. The normalized spacial score (nSPS) is 22.0. The average Bonchev–Trinajstić information content (AvgIpc) is 3.54. The van der Waals surface area contributed by atoms with Gasteiger partial charge < -0.3 is 10.1 Å². The number of fused-ring (bicyclic) bond motifs is 1. The first-order valence-electron chi connectivity index (χ1n) is 11.1. The summed E-state index contributed by atoms with van der Waals surface area (Å²) in [5.74, 6) is 1.30. The maximum Gasteiger partial charge on any atom is 0.233 e. The van der Waals surface area contributed by atoms with Gasteiger partial charge in [0, 0.05) is 45.0 Å². The number of hydrogen-bond donors (Lipinski definition) is 1. The van der Waals surface area contributed by atoms with Gasteiger partial charge in [-0.05, 0) is 60.6 Å². The number of nitrogens with zero attached hydrogens (tertiary/aromatic N) is 3. The monoisotopic (exact) mass is 406 g/mol. The number of benzene rings is 1. The summed E-state index contributed by atoms with van der Waals surface area (Å²) in [5, 5.41) is 3.01. The van der Waals surface area contributed by atoms with Gasteiger partial charge in [-0.25, -0.2) is 4.98 Å². The van der Waals surface area contributed by atoms with Crippen LogP contribution in [0.25, 0.3) is 0 Å². The average molecular weight is 407 g/mol. The zero-order chi connectivity index (χ0) is 20.5. The van der Waals surface area contributed by atoms with Crippen LogP contribution in [-0.4, -0.2) is 60.0 Å². The molecule has 0 spiro atoms. The lowest BCUT2D eigenvalue weighted by Crippen LogP contribution is -2.46. The summed E-state index contributed by atoms with van der Waals surface area (Å²) in [6.07, 6.45) is 6.43. The number of piperazine rings is 1. The van der Waals surface area contributed by atoms with Crippen LogP contribution in [0.15, 0.2) is 36.5 Å². The summed E-state index contributed by atoms with van der Waals surface area (Å²) in [7, 11) is 1.66. The summed E-state index contributed by atoms with van der Waals surface area (Å²) in [5.41, 5.74) is 3.51. The van der Waals surface area contributed by atoms with Gasteiger partial charge in [0.1, 0.15) is 11.6 Å². The van der Waals surface area contributed by atoms with Crippen molar-refractivity contribution in [1.29, 1.82) is 0 Å². The molecular formula is C24H30N4O2. The van der Waals surface area contributed by atoms with E-state index in [0.717, 1.165) is 49.8 Å². The van der Waals surface area contributed by atoms with Gasteiger partial charge in [-0.1, -0.05) is 12.1 Å². The number of carbonyl (C=O) groups is 1. The van der Waals surface area contributed by atoms with Crippen LogP contribution in [0.2, 0.25) is 0 Å². The third kappa shape index (κ3) is 4.20. The van der Waals surface area contributed by atoms with E-state index in [9.17, 15) is 4.79 Å². The van der Waals surface area contributed by atoms with Gasteiger partial charge in [0.2, 0.25) is 5.91 Å². The molecule has 1 aromatic carbocycles. The fraction of sp³-hybridized carbons (Fsp3) is 0.500. The highest BCUT2D eigenvalue weighted by Crippen LogP contribution is 2.36. The van der Waals surface area contributed by atoms with E-state index in [1.54, 1.807) is 7.11 Å². The Morgan fingerprint density at radius 1 is 1.13 bits per heavy atom. The molecule has 1 aromatic heterocycles.